The number of carbonyl (C=O) groups is 1. The molecule has 0 aliphatic heterocycles. The normalized spacial score (nSPS) is 10.7. The summed E-state index contributed by atoms with van der Waals surface area (Å²) in [5, 5.41) is 11.9. The van der Waals surface area contributed by atoms with Gasteiger partial charge in [-0.25, -0.2) is 4.79 Å². The Morgan fingerprint density at radius 1 is 1.57 bits per heavy atom. The summed E-state index contributed by atoms with van der Waals surface area (Å²) < 4.78 is 2.74. The largest absolute Gasteiger partial charge is 0.478 e. The number of hydrogen-bond donors (Lipinski definition) is 1. The third-order valence-corrected chi connectivity index (χ3v) is 4.85. The quantitative estimate of drug-likeness (QED) is 0.758. The lowest BCUT2D eigenvalue weighted by molar-refractivity contribution is 0.0696. The topological polar surface area (TPSA) is 37.3 Å². The molecular weight excluding hydrogens is 379 g/mol. The molecule has 0 atom stereocenters. The molecule has 0 bridgehead atoms. The highest BCUT2D eigenvalue weighted by molar-refractivity contribution is 14.1. The first-order valence-corrected chi connectivity index (χ1v) is 6.45. The van der Waals surface area contributed by atoms with E-state index in [0.29, 0.717) is 5.56 Å². The number of fused-ring (bicyclic) bond motifs is 1. The van der Waals surface area contributed by atoms with Gasteiger partial charge in [0.1, 0.15) is 0 Å². The molecule has 0 saturated carbocycles. The third-order valence-electron chi connectivity index (χ3n) is 1.86. The molecule has 2 nitrogen and oxygen atoms in total. The van der Waals surface area contributed by atoms with Gasteiger partial charge in [-0.2, -0.15) is 0 Å². The number of benzene rings is 1. The van der Waals surface area contributed by atoms with Gasteiger partial charge in [0.15, 0.2) is 0 Å². The van der Waals surface area contributed by atoms with Gasteiger partial charge in [0, 0.05) is 18.1 Å². The van der Waals surface area contributed by atoms with E-state index in [4.69, 9.17) is 5.11 Å². The minimum atomic E-state index is -0.886. The standard InChI is InChI=1S/C9H4BrIO2S/c10-6-3-5(9(12)13)7(11)4-1-2-14-8(4)6/h1-3H,(H,12,13). The Morgan fingerprint density at radius 3 is 2.93 bits per heavy atom. The van der Waals surface area contributed by atoms with E-state index in [-0.39, 0.29) is 0 Å². The molecule has 0 spiro atoms. The molecule has 0 amide bonds. The molecule has 0 unspecified atom stereocenters. The van der Waals surface area contributed by atoms with Crippen LogP contribution in [0.3, 0.4) is 0 Å². The van der Waals surface area contributed by atoms with Crippen molar-refractivity contribution in [3.63, 3.8) is 0 Å². The molecule has 0 aliphatic rings. The molecule has 0 saturated heterocycles. The van der Waals surface area contributed by atoms with Gasteiger partial charge in [-0.3, -0.25) is 0 Å². The second-order valence-corrected chi connectivity index (χ2v) is 5.54. The first kappa shape index (κ1) is 10.4. The molecule has 0 aliphatic carbocycles. The van der Waals surface area contributed by atoms with Crippen LogP contribution in [0.25, 0.3) is 10.1 Å². The van der Waals surface area contributed by atoms with Crippen LogP contribution in [-0.4, -0.2) is 11.1 Å². The number of carboxylic acid groups (broad SMARTS) is 1. The molecular formula is C9H4BrIO2S. The van der Waals surface area contributed by atoms with E-state index in [2.05, 4.69) is 38.5 Å². The fourth-order valence-corrected chi connectivity index (χ4v) is 3.77. The van der Waals surface area contributed by atoms with Crippen molar-refractivity contribution in [1.29, 1.82) is 0 Å². The van der Waals surface area contributed by atoms with Gasteiger partial charge in [-0.1, -0.05) is 0 Å². The summed E-state index contributed by atoms with van der Waals surface area (Å²) in [5.41, 5.74) is 0.350. The molecule has 0 fully saturated rings. The Morgan fingerprint density at radius 2 is 2.29 bits per heavy atom. The second-order valence-electron chi connectivity index (χ2n) is 2.69. The van der Waals surface area contributed by atoms with Crippen molar-refractivity contribution in [3.8, 4) is 0 Å². The van der Waals surface area contributed by atoms with Crippen LogP contribution < -0.4 is 0 Å². The molecule has 0 radical (unpaired) electrons. The first-order chi connectivity index (χ1) is 6.61. The molecule has 1 aromatic heterocycles. The van der Waals surface area contributed by atoms with Crippen LogP contribution in [0.1, 0.15) is 10.4 Å². The lowest BCUT2D eigenvalue weighted by atomic mass is 10.2. The van der Waals surface area contributed by atoms with Crippen LogP contribution in [0, 0.1) is 3.57 Å². The van der Waals surface area contributed by atoms with Crippen molar-refractivity contribution in [2.24, 2.45) is 0 Å². The minimum absolute atomic E-state index is 0.350. The molecule has 1 aromatic carbocycles. The highest BCUT2D eigenvalue weighted by Gasteiger charge is 2.14. The molecule has 2 rings (SSSR count). The molecule has 14 heavy (non-hydrogen) atoms. The molecule has 2 aromatic rings. The minimum Gasteiger partial charge on any atom is -0.478 e. The van der Waals surface area contributed by atoms with Gasteiger partial charge < -0.3 is 5.11 Å². The van der Waals surface area contributed by atoms with E-state index in [1.165, 1.54) is 0 Å². The van der Waals surface area contributed by atoms with Gasteiger partial charge in [0.2, 0.25) is 0 Å². The fourth-order valence-electron chi connectivity index (χ4n) is 1.22. The van der Waals surface area contributed by atoms with E-state index in [1.807, 2.05) is 11.4 Å². The SMILES string of the molecule is O=C(O)c1cc(Br)c2sccc2c1I. The van der Waals surface area contributed by atoms with Crippen LogP contribution in [0.4, 0.5) is 0 Å². The summed E-state index contributed by atoms with van der Waals surface area (Å²) in [6.07, 6.45) is 0. The highest BCUT2D eigenvalue weighted by Crippen LogP contribution is 2.34. The zero-order valence-electron chi connectivity index (χ0n) is 6.75. The highest BCUT2D eigenvalue weighted by atomic mass is 127. The maximum Gasteiger partial charge on any atom is 0.336 e. The summed E-state index contributed by atoms with van der Waals surface area (Å²) in [6.45, 7) is 0. The number of aromatic carboxylic acids is 1. The van der Waals surface area contributed by atoms with Crippen molar-refractivity contribution in [3.05, 3.63) is 31.1 Å². The predicted molar refractivity (Wildman–Crippen MR) is 69.2 cm³/mol. The zero-order valence-corrected chi connectivity index (χ0v) is 11.3. The van der Waals surface area contributed by atoms with Crippen LogP contribution >= 0.6 is 49.9 Å². The molecule has 5 heteroatoms. The predicted octanol–water partition coefficient (Wildman–Crippen LogP) is 3.97. The average Bonchev–Trinajstić information content (AvgIpc) is 2.59. The Balaban J connectivity index is 2.88. The van der Waals surface area contributed by atoms with Crippen molar-refractivity contribution in [2.45, 2.75) is 0 Å². The fraction of sp³-hybridized carbons (Fsp3) is 0. The van der Waals surface area contributed by atoms with Crippen molar-refractivity contribution in [1.82, 2.24) is 0 Å². The lowest BCUT2D eigenvalue weighted by Crippen LogP contribution is -1.99. The van der Waals surface area contributed by atoms with Gasteiger partial charge >= 0.3 is 5.97 Å². The van der Waals surface area contributed by atoms with E-state index < -0.39 is 5.97 Å². The molecule has 1 N–H and O–H groups in total. The van der Waals surface area contributed by atoms with Crippen LogP contribution in [0.15, 0.2) is 22.0 Å². The zero-order chi connectivity index (χ0) is 10.3. The number of hydrogen-bond acceptors (Lipinski definition) is 2. The Bertz CT molecular complexity index is 521. The average molecular weight is 383 g/mol. The summed E-state index contributed by atoms with van der Waals surface area (Å²) in [7, 11) is 0. The number of rotatable bonds is 1. The number of halogens is 2. The van der Waals surface area contributed by atoms with Crippen LogP contribution in [-0.2, 0) is 0 Å². The van der Waals surface area contributed by atoms with Crippen LogP contribution in [0.2, 0.25) is 0 Å². The third kappa shape index (κ3) is 1.57. The number of carboxylic acids is 1. The molecule has 72 valence electrons. The van der Waals surface area contributed by atoms with Crippen molar-refractivity contribution in [2.75, 3.05) is 0 Å². The van der Waals surface area contributed by atoms with Crippen molar-refractivity contribution < 1.29 is 9.90 Å². The Hall–Kier alpha value is -0.140. The lowest BCUT2D eigenvalue weighted by Gasteiger charge is -2.02. The Labute approximate surface area is 106 Å². The molecule has 1 heterocycles. The summed E-state index contributed by atoms with van der Waals surface area (Å²) in [5.74, 6) is -0.886. The van der Waals surface area contributed by atoms with E-state index in [0.717, 1.165) is 18.1 Å². The first-order valence-electron chi connectivity index (χ1n) is 3.69. The maximum atomic E-state index is 10.9. The second kappa shape index (κ2) is 3.79. The summed E-state index contributed by atoms with van der Waals surface area (Å²) >= 11 is 7.05. The van der Waals surface area contributed by atoms with Gasteiger partial charge in [0.25, 0.3) is 0 Å². The van der Waals surface area contributed by atoms with Gasteiger partial charge in [-0.05, 0) is 56.0 Å². The maximum absolute atomic E-state index is 10.9. The number of thiophene rings is 1. The van der Waals surface area contributed by atoms with E-state index >= 15 is 0 Å². The summed E-state index contributed by atoms with van der Waals surface area (Å²) in [4.78, 5) is 10.9. The van der Waals surface area contributed by atoms with Crippen molar-refractivity contribution >= 4 is 65.9 Å². The van der Waals surface area contributed by atoms with E-state index in [1.54, 1.807) is 17.4 Å². The van der Waals surface area contributed by atoms with Gasteiger partial charge in [-0.15, -0.1) is 11.3 Å². The van der Waals surface area contributed by atoms with Gasteiger partial charge in [0.05, 0.1) is 5.56 Å². The monoisotopic (exact) mass is 382 g/mol. The smallest absolute Gasteiger partial charge is 0.336 e. The van der Waals surface area contributed by atoms with E-state index in [9.17, 15) is 4.79 Å². The Kier molecular flexibility index (Phi) is 2.81. The summed E-state index contributed by atoms with van der Waals surface area (Å²) in [6, 6.07) is 3.60. The van der Waals surface area contributed by atoms with Crippen LogP contribution in [0.5, 0.6) is 0 Å².